The van der Waals surface area contributed by atoms with Crippen molar-refractivity contribution in [1.29, 1.82) is 0 Å². The van der Waals surface area contributed by atoms with E-state index in [1.165, 1.54) is 0 Å². The predicted octanol–water partition coefficient (Wildman–Crippen LogP) is 2.70. The Bertz CT molecular complexity index is 1060. The molecule has 0 spiro atoms. The zero-order chi connectivity index (χ0) is 17.2. The number of para-hydroxylation sites is 1. The van der Waals surface area contributed by atoms with Crippen molar-refractivity contribution in [1.82, 2.24) is 24.9 Å². The second kappa shape index (κ2) is 6.32. The number of fused-ring (bicyclic) bond motifs is 2. The van der Waals surface area contributed by atoms with Gasteiger partial charge in [-0.25, -0.2) is 0 Å². The maximum atomic E-state index is 12.4. The van der Waals surface area contributed by atoms with E-state index >= 15 is 0 Å². The normalized spacial score (nSPS) is 12.4. The molecular weight excluding hydrogens is 314 g/mol. The van der Waals surface area contributed by atoms with Crippen molar-refractivity contribution in [3.63, 3.8) is 0 Å². The number of benzene rings is 1. The third kappa shape index (κ3) is 3.06. The maximum absolute atomic E-state index is 12.4. The zero-order valence-corrected chi connectivity index (χ0v) is 13.8. The first kappa shape index (κ1) is 15.3. The van der Waals surface area contributed by atoms with Gasteiger partial charge in [0, 0.05) is 17.8 Å². The van der Waals surface area contributed by atoms with Crippen molar-refractivity contribution in [3.05, 3.63) is 72.3 Å². The average molecular weight is 331 g/mol. The Kier molecular flexibility index (Phi) is 3.85. The van der Waals surface area contributed by atoms with Crippen LogP contribution < -0.4 is 5.32 Å². The molecule has 0 saturated carbocycles. The largest absolute Gasteiger partial charge is 0.346 e. The molecule has 0 radical (unpaired) electrons. The van der Waals surface area contributed by atoms with E-state index in [0.29, 0.717) is 5.82 Å². The summed E-state index contributed by atoms with van der Waals surface area (Å²) in [7, 11) is 0. The molecule has 3 heterocycles. The number of pyridine rings is 2. The molecule has 1 aromatic carbocycles. The van der Waals surface area contributed by atoms with Gasteiger partial charge in [-0.05, 0) is 36.8 Å². The van der Waals surface area contributed by atoms with Gasteiger partial charge in [-0.15, -0.1) is 10.2 Å². The van der Waals surface area contributed by atoms with Crippen LogP contribution in [0.2, 0.25) is 0 Å². The fourth-order valence-corrected chi connectivity index (χ4v) is 2.91. The lowest BCUT2D eigenvalue weighted by molar-refractivity contribution is -0.121. The van der Waals surface area contributed by atoms with Gasteiger partial charge in [0.15, 0.2) is 11.5 Å². The van der Waals surface area contributed by atoms with Crippen molar-refractivity contribution in [3.8, 4) is 0 Å². The third-order valence-electron chi connectivity index (χ3n) is 4.12. The van der Waals surface area contributed by atoms with Crippen LogP contribution in [0, 0.1) is 0 Å². The van der Waals surface area contributed by atoms with Crippen LogP contribution in [0.5, 0.6) is 0 Å². The number of hydrogen-bond donors (Lipinski definition) is 1. The van der Waals surface area contributed by atoms with Crippen LogP contribution in [-0.2, 0) is 11.2 Å². The van der Waals surface area contributed by atoms with E-state index in [4.69, 9.17) is 0 Å². The Morgan fingerprint density at radius 1 is 1.16 bits per heavy atom. The lowest BCUT2D eigenvalue weighted by Crippen LogP contribution is -2.29. The first-order valence-electron chi connectivity index (χ1n) is 8.13. The number of hydrogen-bond acceptors (Lipinski definition) is 4. The molecule has 0 aliphatic heterocycles. The summed E-state index contributed by atoms with van der Waals surface area (Å²) < 4.78 is 1.88. The highest BCUT2D eigenvalue weighted by Gasteiger charge is 2.16. The monoisotopic (exact) mass is 331 g/mol. The second-order valence-corrected chi connectivity index (χ2v) is 5.99. The number of nitrogens with zero attached hydrogens (tertiary/aromatic N) is 4. The Balaban J connectivity index is 1.49. The molecule has 6 heteroatoms. The number of rotatable bonds is 4. The van der Waals surface area contributed by atoms with Gasteiger partial charge in [0.1, 0.15) is 0 Å². The van der Waals surface area contributed by atoms with Crippen molar-refractivity contribution in [2.45, 2.75) is 19.4 Å². The molecule has 0 aliphatic rings. The molecule has 0 fully saturated rings. The van der Waals surface area contributed by atoms with E-state index in [9.17, 15) is 4.79 Å². The van der Waals surface area contributed by atoms with Crippen molar-refractivity contribution < 1.29 is 4.79 Å². The lowest BCUT2D eigenvalue weighted by atomic mass is 10.1. The lowest BCUT2D eigenvalue weighted by Gasteiger charge is -2.12. The summed E-state index contributed by atoms with van der Waals surface area (Å²) in [5, 5.41) is 12.3. The van der Waals surface area contributed by atoms with Crippen LogP contribution in [0.3, 0.4) is 0 Å². The van der Waals surface area contributed by atoms with E-state index in [0.717, 1.165) is 22.1 Å². The topological polar surface area (TPSA) is 72.2 Å². The molecule has 124 valence electrons. The van der Waals surface area contributed by atoms with Crippen LogP contribution in [0.15, 0.2) is 60.9 Å². The maximum Gasteiger partial charge on any atom is 0.225 e. The van der Waals surface area contributed by atoms with Gasteiger partial charge in [-0.3, -0.25) is 14.2 Å². The molecule has 1 N–H and O–H groups in total. The summed E-state index contributed by atoms with van der Waals surface area (Å²) in [6.07, 6.45) is 3.92. The fraction of sp³-hybridized carbons (Fsp3) is 0.158. The standard InChI is InChI=1S/C19H17N5O/c1-13(19-23-22-17-8-4-5-9-24(17)19)21-18(25)11-14-10-15-6-2-3-7-16(15)20-12-14/h2-10,12-13H,11H2,1H3,(H,21,25). The van der Waals surface area contributed by atoms with Crippen molar-refractivity contribution in [2.75, 3.05) is 0 Å². The summed E-state index contributed by atoms with van der Waals surface area (Å²) >= 11 is 0. The van der Waals surface area contributed by atoms with Crippen LogP contribution in [0.4, 0.5) is 0 Å². The minimum absolute atomic E-state index is 0.0720. The Morgan fingerprint density at radius 2 is 2.00 bits per heavy atom. The summed E-state index contributed by atoms with van der Waals surface area (Å²) in [5.41, 5.74) is 2.57. The van der Waals surface area contributed by atoms with Gasteiger partial charge in [-0.2, -0.15) is 0 Å². The van der Waals surface area contributed by atoms with Gasteiger partial charge in [0.05, 0.1) is 18.0 Å². The van der Waals surface area contributed by atoms with Crippen LogP contribution in [-0.4, -0.2) is 25.5 Å². The molecular formula is C19H17N5O. The van der Waals surface area contributed by atoms with Gasteiger partial charge < -0.3 is 5.32 Å². The number of nitrogens with one attached hydrogen (secondary N) is 1. The van der Waals surface area contributed by atoms with E-state index in [1.807, 2.05) is 66.1 Å². The van der Waals surface area contributed by atoms with Gasteiger partial charge in [0.2, 0.25) is 5.91 Å². The Labute approximate surface area is 144 Å². The van der Waals surface area contributed by atoms with Gasteiger partial charge >= 0.3 is 0 Å². The summed E-state index contributed by atoms with van der Waals surface area (Å²) in [6.45, 7) is 1.90. The first-order chi connectivity index (χ1) is 12.2. The minimum atomic E-state index is -0.238. The average Bonchev–Trinajstić information content (AvgIpc) is 3.05. The van der Waals surface area contributed by atoms with E-state index in [-0.39, 0.29) is 18.4 Å². The highest BCUT2D eigenvalue weighted by Crippen LogP contribution is 2.14. The molecule has 0 bridgehead atoms. The van der Waals surface area contributed by atoms with Crippen LogP contribution in [0.1, 0.15) is 24.4 Å². The number of amides is 1. The molecule has 0 saturated heterocycles. The van der Waals surface area contributed by atoms with Gasteiger partial charge in [-0.1, -0.05) is 24.3 Å². The number of aromatic nitrogens is 4. The zero-order valence-electron chi connectivity index (χ0n) is 13.8. The molecule has 6 nitrogen and oxygen atoms in total. The van der Waals surface area contributed by atoms with E-state index < -0.39 is 0 Å². The SMILES string of the molecule is CC(NC(=O)Cc1cnc2ccccc2c1)c1nnc2ccccn12. The van der Waals surface area contributed by atoms with Gasteiger partial charge in [0.25, 0.3) is 0 Å². The molecule has 0 aliphatic carbocycles. The fourth-order valence-electron chi connectivity index (χ4n) is 2.91. The molecule has 4 aromatic rings. The Hall–Kier alpha value is -3.28. The molecule has 1 amide bonds. The summed E-state index contributed by atoms with van der Waals surface area (Å²) in [4.78, 5) is 16.8. The number of carbonyl (C=O) groups is 1. The highest BCUT2D eigenvalue weighted by molar-refractivity contribution is 5.82. The predicted molar refractivity (Wildman–Crippen MR) is 95.0 cm³/mol. The minimum Gasteiger partial charge on any atom is -0.346 e. The molecule has 4 rings (SSSR count). The van der Waals surface area contributed by atoms with Crippen molar-refractivity contribution >= 4 is 22.5 Å². The second-order valence-electron chi connectivity index (χ2n) is 5.99. The Morgan fingerprint density at radius 3 is 2.92 bits per heavy atom. The quantitative estimate of drug-likeness (QED) is 0.624. The van der Waals surface area contributed by atoms with Crippen LogP contribution >= 0.6 is 0 Å². The third-order valence-corrected chi connectivity index (χ3v) is 4.12. The molecule has 1 atom stereocenters. The van der Waals surface area contributed by atoms with E-state index in [2.05, 4.69) is 20.5 Å². The van der Waals surface area contributed by atoms with E-state index in [1.54, 1.807) is 6.20 Å². The van der Waals surface area contributed by atoms with Crippen LogP contribution in [0.25, 0.3) is 16.6 Å². The molecule has 3 aromatic heterocycles. The first-order valence-corrected chi connectivity index (χ1v) is 8.13. The molecule has 25 heavy (non-hydrogen) atoms. The summed E-state index contributed by atoms with van der Waals surface area (Å²) in [5.74, 6) is 0.637. The smallest absolute Gasteiger partial charge is 0.225 e. The highest BCUT2D eigenvalue weighted by atomic mass is 16.1. The molecule has 1 unspecified atom stereocenters. The number of carbonyl (C=O) groups excluding carboxylic acids is 1. The van der Waals surface area contributed by atoms with Crippen molar-refractivity contribution in [2.24, 2.45) is 0 Å². The summed E-state index contributed by atoms with van der Waals surface area (Å²) in [6, 6.07) is 15.3.